The van der Waals surface area contributed by atoms with E-state index < -0.39 is 0 Å². The van der Waals surface area contributed by atoms with Gasteiger partial charge in [-0.25, -0.2) is 0 Å². The highest BCUT2D eigenvalue weighted by Crippen LogP contribution is 1.95. The second kappa shape index (κ2) is 5.15. The van der Waals surface area contributed by atoms with Crippen LogP contribution in [0.1, 0.15) is 6.92 Å². The van der Waals surface area contributed by atoms with E-state index in [4.69, 9.17) is 5.02 Å². The summed E-state index contributed by atoms with van der Waals surface area (Å²) < 4.78 is 0. The average Bonchev–Trinajstić information content (AvgIpc) is 1.63. The van der Waals surface area contributed by atoms with E-state index in [0.717, 1.165) is 5.75 Å². The highest BCUT2D eigenvalue weighted by Gasteiger charge is 2.06. The number of hydrogen-bond donors (Lipinski definition) is 2. The maximum atomic E-state index is 8.83. The van der Waals surface area contributed by atoms with Crippen molar-refractivity contribution in [3.05, 3.63) is 0 Å². The van der Waals surface area contributed by atoms with Crippen LogP contribution in [0.15, 0.2) is 0 Å². The fraction of sp³-hybridized carbons (Fsp3) is 1.00. The Bertz CT molecular complexity index is 72.0. The molecule has 2 nitrogen and oxygen atoms in total. The monoisotopic (exact) mass is 147 g/mol. The van der Waals surface area contributed by atoms with Crippen LogP contribution in [-0.4, -0.2) is 30.1 Å². The van der Waals surface area contributed by atoms with Gasteiger partial charge in [-0.05, 0) is 20.0 Å². The van der Waals surface area contributed by atoms with Crippen molar-refractivity contribution in [2.45, 2.75) is 19.8 Å². The summed E-state index contributed by atoms with van der Waals surface area (Å²) in [5.41, 5.74) is 0. The zero-order chi connectivity index (χ0) is 7.28. The summed E-state index contributed by atoms with van der Waals surface area (Å²) in [5.74, 6) is 1.05. The van der Waals surface area contributed by atoms with Crippen LogP contribution in [-0.2, 0) is 0 Å². The molecule has 0 unspecified atom stereocenters. The molecule has 0 aromatic heterocycles. The molecule has 0 amide bonds. The molecule has 4 heteroatoms. The van der Waals surface area contributed by atoms with Gasteiger partial charge in [0.25, 0.3) is 0 Å². The molecule has 54 valence electrons. The first-order valence-corrected chi connectivity index (χ1v) is 4.49. The van der Waals surface area contributed by atoms with Crippen molar-refractivity contribution in [1.82, 2.24) is 5.23 Å². The van der Waals surface area contributed by atoms with E-state index >= 15 is 0 Å². The highest BCUT2D eigenvalue weighted by atomic mass is 32.2. The van der Waals surface area contributed by atoms with Crippen molar-refractivity contribution in [1.29, 1.82) is 0 Å². The Morgan fingerprint density at radius 1 is 1.78 bits per heavy atom. The molecular formula is C5H14BNOS. The van der Waals surface area contributed by atoms with Gasteiger partial charge in [0.2, 0.25) is 0 Å². The molecule has 0 aromatic carbocycles. The quantitative estimate of drug-likeness (QED) is 0.566. The van der Waals surface area contributed by atoms with E-state index in [9.17, 15) is 0 Å². The summed E-state index contributed by atoms with van der Waals surface area (Å²) in [6.45, 7) is 3.79. The summed E-state index contributed by atoms with van der Waals surface area (Å²) in [4.78, 5) is 0. The minimum atomic E-state index is -0.382. The second-order valence-corrected chi connectivity index (χ2v) is 3.11. The lowest BCUT2D eigenvalue weighted by Gasteiger charge is -2.11. The predicted molar refractivity (Wildman–Crippen MR) is 44.8 cm³/mol. The molecule has 1 atom stereocenters. The highest BCUT2D eigenvalue weighted by molar-refractivity contribution is 7.98. The maximum Gasteiger partial charge on any atom is 0.373 e. The van der Waals surface area contributed by atoms with Gasteiger partial charge in [-0.15, -0.1) is 0 Å². The fourth-order valence-corrected chi connectivity index (χ4v) is 1.31. The minimum Gasteiger partial charge on any atom is -0.437 e. The van der Waals surface area contributed by atoms with Crippen molar-refractivity contribution in [3.8, 4) is 0 Å². The molecule has 0 aliphatic rings. The predicted octanol–water partition coefficient (Wildman–Crippen LogP) is 0.438. The summed E-state index contributed by atoms with van der Waals surface area (Å²) in [6.07, 6.45) is 2.06. The van der Waals surface area contributed by atoms with Crippen LogP contribution >= 0.6 is 11.8 Å². The van der Waals surface area contributed by atoms with Crippen LogP contribution in [0.25, 0.3) is 0 Å². The summed E-state index contributed by atoms with van der Waals surface area (Å²) in [6, 6.07) is 0.403. The number of nitrogens with one attached hydrogen (secondary N) is 1. The largest absolute Gasteiger partial charge is 0.437 e. The Kier molecular flexibility index (Phi) is 5.34. The summed E-state index contributed by atoms with van der Waals surface area (Å²) >= 11 is 1.78. The molecule has 9 heavy (non-hydrogen) atoms. The molecule has 0 spiro atoms. The molecule has 0 fully saturated rings. The van der Waals surface area contributed by atoms with E-state index in [1.54, 1.807) is 18.6 Å². The number of hydrogen-bond acceptors (Lipinski definition) is 3. The zero-order valence-corrected chi connectivity index (χ0v) is 7.03. The van der Waals surface area contributed by atoms with Gasteiger partial charge in [0.1, 0.15) is 0 Å². The summed E-state index contributed by atoms with van der Waals surface area (Å²) in [5, 5.41) is 11.8. The maximum absolute atomic E-state index is 8.83. The standard InChI is InChI=1S/C5H14BNOS/c1-5(4-9-3)7-6(2)8/h5,7-8H,4H2,1-3H3/t5-/m1/s1. The Morgan fingerprint density at radius 2 is 2.33 bits per heavy atom. The molecule has 0 heterocycles. The first-order chi connectivity index (χ1) is 4.16. The summed E-state index contributed by atoms with van der Waals surface area (Å²) in [7, 11) is -0.382. The van der Waals surface area contributed by atoms with Crippen molar-refractivity contribution in [2.24, 2.45) is 0 Å². The van der Waals surface area contributed by atoms with E-state index in [0.29, 0.717) is 6.04 Å². The molecule has 0 aliphatic carbocycles. The molecule has 0 bridgehead atoms. The van der Waals surface area contributed by atoms with Gasteiger partial charge in [0, 0.05) is 11.8 Å². The van der Waals surface area contributed by atoms with Crippen LogP contribution < -0.4 is 5.23 Å². The van der Waals surface area contributed by atoms with Crippen molar-refractivity contribution in [3.63, 3.8) is 0 Å². The molecule has 0 saturated heterocycles. The van der Waals surface area contributed by atoms with Crippen molar-refractivity contribution >= 4 is 18.8 Å². The first kappa shape index (κ1) is 9.33. The molecule has 0 saturated carbocycles. The fourth-order valence-electron chi connectivity index (χ4n) is 0.710. The van der Waals surface area contributed by atoms with Gasteiger partial charge in [-0.1, -0.05) is 0 Å². The lowest BCUT2D eigenvalue weighted by Crippen LogP contribution is -2.39. The topological polar surface area (TPSA) is 32.3 Å². The van der Waals surface area contributed by atoms with Crippen molar-refractivity contribution < 1.29 is 5.02 Å². The van der Waals surface area contributed by atoms with Gasteiger partial charge < -0.3 is 10.3 Å². The van der Waals surface area contributed by atoms with E-state index in [-0.39, 0.29) is 7.05 Å². The zero-order valence-electron chi connectivity index (χ0n) is 6.22. The van der Waals surface area contributed by atoms with Crippen LogP contribution in [0.3, 0.4) is 0 Å². The average molecular weight is 147 g/mol. The number of thioether (sulfide) groups is 1. The molecule has 0 radical (unpaired) electrons. The minimum absolute atomic E-state index is 0.382. The van der Waals surface area contributed by atoms with Gasteiger partial charge in [0.15, 0.2) is 0 Å². The Hall–Kier alpha value is 0.335. The molecule has 0 aromatic rings. The van der Waals surface area contributed by atoms with E-state index in [2.05, 4.69) is 18.4 Å². The van der Waals surface area contributed by atoms with Crippen LogP contribution in [0.2, 0.25) is 6.82 Å². The lowest BCUT2D eigenvalue weighted by atomic mass is 9.88. The van der Waals surface area contributed by atoms with Crippen LogP contribution in [0, 0.1) is 0 Å². The van der Waals surface area contributed by atoms with Crippen LogP contribution in [0.4, 0.5) is 0 Å². The first-order valence-electron chi connectivity index (χ1n) is 3.10. The lowest BCUT2D eigenvalue weighted by molar-refractivity contribution is 0.539. The smallest absolute Gasteiger partial charge is 0.373 e. The Morgan fingerprint density at radius 3 is 2.67 bits per heavy atom. The Labute approximate surface area is 61.5 Å². The van der Waals surface area contributed by atoms with Crippen LogP contribution in [0.5, 0.6) is 0 Å². The number of rotatable bonds is 4. The van der Waals surface area contributed by atoms with Gasteiger partial charge in [-0.3, -0.25) is 0 Å². The van der Waals surface area contributed by atoms with Crippen molar-refractivity contribution in [2.75, 3.05) is 12.0 Å². The van der Waals surface area contributed by atoms with E-state index in [1.165, 1.54) is 0 Å². The second-order valence-electron chi connectivity index (χ2n) is 2.20. The molecule has 0 rings (SSSR count). The third-order valence-corrected chi connectivity index (χ3v) is 1.78. The molecule has 2 N–H and O–H groups in total. The van der Waals surface area contributed by atoms with Gasteiger partial charge in [0.05, 0.1) is 0 Å². The Balaban J connectivity index is 3.15. The molecular weight excluding hydrogens is 133 g/mol. The molecule has 0 aliphatic heterocycles. The normalized spacial score (nSPS) is 13.3. The van der Waals surface area contributed by atoms with Gasteiger partial charge in [-0.2, -0.15) is 11.8 Å². The third kappa shape index (κ3) is 6.22. The third-order valence-electron chi connectivity index (χ3n) is 0.942. The van der Waals surface area contributed by atoms with E-state index in [1.807, 2.05) is 0 Å². The SMILES string of the molecule is CSC[C@@H](C)NB(C)O. The van der Waals surface area contributed by atoms with Gasteiger partial charge >= 0.3 is 7.05 Å².